The predicted octanol–water partition coefficient (Wildman–Crippen LogP) is 6.23. The van der Waals surface area contributed by atoms with Crippen LogP contribution in [0.25, 0.3) is 11.3 Å². The summed E-state index contributed by atoms with van der Waals surface area (Å²) in [6.07, 6.45) is 2.19. The summed E-state index contributed by atoms with van der Waals surface area (Å²) in [7, 11) is 0. The summed E-state index contributed by atoms with van der Waals surface area (Å²) in [5, 5.41) is 3.23. The van der Waals surface area contributed by atoms with E-state index in [0.29, 0.717) is 21.8 Å². The molecule has 1 heterocycles. The largest absolute Gasteiger partial charge is 0.313 e. The number of hydrogen-bond donors (Lipinski definition) is 0. The van der Waals surface area contributed by atoms with Gasteiger partial charge in [-0.05, 0) is 43.2 Å². The van der Waals surface area contributed by atoms with Gasteiger partial charge in [0.15, 0.2) is 4.80 Å². The molecule has 6 heteroatoms. The molecule has 0 spiro atoms. The molecule has 1 fully saturated rings. The highest BCUT2D eigenvalue weighted by Gasteiger charge is 2.28. The lowest BCUT2D eigenvalue weighted by molar-refractivity contribution is 0.627. The van der Waals surface area contributed by atoms with Crippen molar-refractivity contribution in [3.05, 3.63) is 68.5 Å². The van der Waals surface area contributed by atoms with Crippen LogP contribution in [0.1, 0.15) is 18.9 Å². The maximum atomic E-state index is 13.9. The van der Waals surface area contributed by atoms with Crippen LogP contribution in [0, 0.1) is 5.82 Å². The van der Waals surface area contributed by atoms with Gasteiger partial charge in [0.05, 0.1) is 10.7 Å². The molecule has 2 nitrogen and oxygen atoms in total. The Labute approximate surface area is 152 Å². The molecule has 0 atom stereocenters. The predicted molar refractivity (Wildman–Crippen MR) is 97.7 cm³/mol. The summed E-state index contributed by atoms with van der Waals surface area (Å²) in [4.78, 5) is 5.31. The lowest BCUT2D eigenvalue weighted by atomic mass is 10.1. The minimum Gasteiger partial charge on any atom is -0.313 e. The van der Waals surface area contributed by atoms with E-state index in [9.17, 15) is 4.39 Å². The van der Waals surface area contributed by atoms with Gasteiger partial charge >= 0.3 is 0 Å². The Morgan fingerprint density at radius 3 is 2.62 bits per heavy atom. The molecule has 0 amide bonds. The Balaban J connectivity index is 1.89. The molecule has 24 heavy (non-hydrogen) atoms. The highest BCUT2D eigenvalue weighted by atomic mass is 35.5. The first-order valence-corrected chi connectivity index (χ1v) is 9.22. The average molecular weight is 379 g/mol. The smallest absolute Gasteiger partial charge is 0.190 e. The molecule has 1 aliphatic rings. The maximum absolute atomic E-state index is 13.9. The van der Waals surface area contributed by atoms with Gasteiger partial charge in [0.25, 0.3) is 0 Å². The lowest BCUT2D eigenvalue weighted by Crippen LogP contribution is -2.14. The molecular weight excluding hydrogens is 366 g/mol. The topological polar surface area (TPSA) is 17.3 Å². The van der Waals surface area contributed by atoms with Gasteiger partial charge in [-0.2, -0.15) is 0 Å². The number of hydrogen-bond acceptors (Lipinski definition) is 2. The second-order valence-electron chi connectivity index (χ2n) is 5.69. The van der Waals surface area contributed by atoms with Crippen LogP contribution in [0.5, 0.6) is 0 Å². The first-order valence-electron chi connectivity index (χ1n) is 7.58. The minimum atomic E-state index is -0.320. The number of halogens is 3. The van der Waals surface area contributed by atoms with Gasteiger partial charge in [0.2, 0.25) is 0 Å². The molecular formula is C18H13Cl2FN2S. The third-order valence-corrected chi connectivity index (χ3v) is 5.32. The van der Waals surface area contributed by atoms with Crippen molar-refractivity contribution in [1.29, 1.82) is 0 Å². The van der Waals surface area contributed by atoms with Crippen LogP contribution >= 0.6 is 34.5 Å². The summed E-state index contributed by atoms with van der Waals surface area (Å²) in [5.74, 6) is -0.320. The molecule has 0 saturated heterocycles. The van der Waals surface area contributed by atoms with E-state index in [2.05, 4.69) is 9.56 Å². The maximum Gasteiger partial charge on any atom is 0.190 e. The van der Waals surface area contributed by atoms with E-state index < -0.39 is 0 Å². The van der Waals surface area contributed by atoms with Gasteiger partial charge in [0.1, 0.15) is 11.5 Å². The fraction of sp³-hybridized carbons (Fsp3) is 0.167. The van der Waals surface area contributed by atoms with Crippen molar-refractivity contribution in [2.24, 2.45) is 4.99 Å². The van der Waals surface area contributed by atoms with Crippen LogP contribution in [-0.2, 0) is 0 Å². The zero-order valence-electron chi connectivity index (χ0n) is 12.5. The zero-order chi connectivity index (χ0) is 16.7. The molecule has 0 radical (unpaired) electrons. The van der Waals surface area contributed by atoms with Gasteiger partial charge in [-0.15, -0.1) is 11.3 Å². The van der Waals surface area contributed by atoms with Gasteiger partial charge < -0.3 is 4.57 Å². The van der Waals surface area contributed by atoms with Crippen LogP contribution < -0.4 is 4.80 Å². The van der Waals surface area contributed by atoms with E-state index in [-0.39, 0.29) is 5.82 Å². The summed E-state index contributed by atoms with van der Waals surface area (Å²) in [6, 6.07) is 12.4. The molecule has 1 aromatic heterocycles. The molecule has 1 saturated carbocycles. The third-order valence-electron chi connectivity index (χ3n) is 3.93. The number of rotatable bonds is 3. The van der Waals surface area contributed by atoms with E-state index in [1.807, 2.05) is 17.5 Å². The molecule has 122 valence electrons. The van der Waals surface area contributed by atoms with Crippen molar-refractivity contribution in [3.63, 3.8) is 0 Å². The number of benzene rings is 2. The Kier molecular flexibility index (Phi) is 4.21. The molecule has 0 unspecified atom stereocenters. The van der Waals surface area contributed by atoms with Crippen molar-refractivity contribution in [2.75, 3.05) is 0 Å². The molecule has 1 aliphatic carbocycles. The Hall–Kier alpha value is -1.62. The van der Waals surface area contributed by atoms with Crippen molar-refractivity contribution >= 4 is 40.2 Å². The highest BCUT2D eigenvalue weighted by molar-refractivity contribution is 7.07. The van der Waals surface area contributed by atoms with Crippen LogP contribution in [0.2, 0.25) is 10.0 Å². The van der Waals surface area contributed by atoms with Gasteiger partial charge in [-0.1, -0.05) is 35.3 Å². The minimum absolute atomic E-state index is 0.320. The fourth-order valence-electron chi connectivity index (χ4n) is 2.63. The van der Waals surface area contributed by atoms with Gasteiger partial charge in [-0.25, -0.2) is 9.38 Å². The van der Waals surface area contributed by atoms with E-state index in [1.165, 1.54) is 17.4 Å². The van der Waals surface area contributed by atoms with Crippen molar-refractivity contribution in [1.82, 2.24) is 4.57 Å². The number of aromatic nitrogens is 1. The second-order valence-corrected chi connectivity index (χ2v) is 7.37. The Morgan fingerprint density at radius 2 is 1.92 bits per heavy atom. The zero-order valence-corrected chi connectivity index (χ0v) is 14.9. The first-order chi connectivity index (χ1) is 11.6. The van der Waals surface area contributed by atoms with E-state index in [4.69, 9.17) is 23.2 Å². The van der Waals surface area contributed by atoms with E-state index >= 15 is 0 Å². The van der Waals surface area contributed by atoms with Crippen LogP contribution in [0.4, 0.5) is 10.1 Å². The van der Waals surface area contributed by atoms with Gasteiger partial charge in [0, 0.05) is 22.0 Å². The normalized spacial score (nSPS) is 15.0. The monoisotopic (exact) mass is 378 g/mol. The summed E-state index contributed by atoms with van der Waals surface area (Å²) in [5.41, 5.74) is 2.26. The molecule has 3 aromatic rings. The third kappa shape index (κ3) is 3.02. The number of para-hydroxylation sites is 1. The van der Waals surface area contributed by atoms with Crippen molar-refractivity contribution in [2.45, 2.75) is 18.9 Å². The van der Waals surface area contributed by atoms with Crippen LogP contribution in [0.3, 0.4) is 0 Å². The van der Waals surface area contributed by atoms with Crippen molar-refractivity contribution in [3.8, 4) is 11.3 Å². The number of thiazole rings is 1. The average Bonchev–Trinajstić information content (AvgIpc) is 3.31. The van der Waals surface area contributed by atoms with Crippen LogP contribution in [-0.4, -0.2) is 4.57 Å². The standard InChI is InChI=1S/C18H13Cl2FN2S/c19-11-5-8-13(14(20)9-11)17-10-24-18(23(17)12-6-7-12)22-16-4-2-1-3-15(16)21/h1-5,8-10,12H,6-7H2. The highest BCUT2D eigenvalue weighted by Crippen LogP contribution is 2.40. The quantitative estimate of drug-likeness (QED) is 0.513. The molecule has 0 N–H and O–H groups in total. The molecule has 0 aliphatic heterocycles. The van der Waals surface area contributed by atoms with Gasteiger partial charge in [-0.3, -0.25) is 0 Å². The summed E-state index contributed by atoms with van der Waals surface area (Å²) in [6.45, 7) is 0. The lowest BCUT2D eigenvalue weighted by Gasteiger charge is -2.09. The van der Waals surface area contributed by atoms with E-state index in [0.717, 1.165) is 28.9 Å². The fourth-order valence-corrected chi connectivity index (χ4v) is 4.10. The molecule has 0 bridgehead atoms. The van der Waals surface area contributed by atoms with Crippen molar-refractivity contribution < 1.29 is 4.39 Å². The summed E-state index contributed by atoms with van der Waals surface area (Å²) >= 11 is 13.9. The number of nitrogens with zero attached hydrogens (tertiary/aromatic N) is 2. The first kappa shape index (κ1) is 15.9. The SMILES string of the molecule is Fc1ccccc1N=c1scc(-c2ccc(Cl)cc2Cl)n1C1CC1. The molecule has 2 aromatic carbocycles. The summed E-state index contributed by atoms with van der Waals surface area (Å²) < 4.78 is 16.1. The van der Waals surface area contributed by atoms with E-state index in [1.54, 1.807) is 24.3 Å². The Bertz CT molecular complexity index is 973. The molecule has 4 rings (SSSR count). The van der Waals surface area contributed by atoms with Crippen LogP contribution in [0.15, 0.2) is 52.8 Å². The Morgan fingerprint density at radius 1 is 1.12 bits per heavy atom. The second kappa shape index (κ2) is 6.36.